The van der Waals surface area contributed by atoms with E-state index in [0.717, 1.165) is 16.7 Å². The molecule has 0 aliphatic rings. The molecule has 0 saturated heterocycles. The zero-order chi connectivity index (χ0) is 27.3. The quantitative estimate of drug-likeness (QED) is 0.282. The Morgan fingerprint density at radius 2 is 1.65 bits per heavy atom. The number of furan rings is 1. The lowest BCUT2D eigenvalue weighted by Gasteiger charge is -2.19. The summed E-state index contributed by atoms with van der Waals surface area (Å²) in [5.74, 6) is -0.694. The van der Waals surface area contributed by atoms with Crippen LogP contribution < -0.4 is 5.32 Å². The molecule has 4 aromatic rings. The van der Waals surface area contributed by atoms with Crippen molar-refractivity contribution >= 4 is 22.8 Å². The molecule has 0 aliphatic carbocycles. The maximum Gasteiger partial charge on any atom is 0.338 e. The lowest BCUT2D eigenvalue weighted by atomic mass is 9.93. The molecule has 4 rings (SSSR count). The fourth-order valence-corrected chi connectivity index (χ4v) is 4.05. The van der Waals surface area contributed by atoms with Crippen LogP contribution >= 0.6 is 0 Å². The molecule has 0 atom stereocenters. The Bertz CT molecular complexity index is 1410. The fourth-order valence-electron chi connectivity index (χ4n) is 4.05. The summed E-state index contributed by atoms with van der Waals surface area (Å²) in [6, 6.07) is 17.0. The van der Waals surface area contributed by atoms with Crippen molar-refractivity contribution in [3.63, 3.8) is 0 Å². The Kier molecular flexibility index (Phi) is 8.53. The highest BCUT2D eigenvalue weighted by molar-refractivity contribution is 6.12. The van der Waals surface area contributed by atoms with Crippen LogP contribution in [0.2, 0.25) is 0 Å². The Balaban J connectivity index is 0.00000186. The number of carbonyl (C=O) groups is 2. The summed E-state index contributed by atoms with van der Waals surface area (Å²) < 4.78 is 25.2. The summed E-state index contributed by atoms with van der Waals surface area (Å²) in [5.41, 5.74) is 4.12. The van der Waals surface area contributed by atoms with Crippen molar-refractivity contribution in [3.05, 3.63) is 83.2 Å². The van der Waals surface area contributed by atoms with Gasteiger partial charge in [-0.3, -0.25) is 4.79 Å². The van der Waals surface area contributed by atoms with Crippen LogP contribution in [0, 0.1) is 5.82 Å². The van der Waals surface area contributed by atoms with Crippen LogP contribution in [0.5, 0.6) is 0 Å². The number of esters is 1. The first-order valence-corrected chi connectivity index (χ1v) is 12.5. The van der Waals surface area contributed by atoms with Gasteiger partial charge in [-0.25, -0.2) is 9.18 Å². The first kappa shape index (κ1) is 27.7. The molecule has 0 aliphatic heterocycles. The molecule has 1 aromatic heterocycles. The molecule has 1 N–H and O–H groups in total. The van der Waals surface area contributed by atoms with Crippen LogP contribution in [0.25, 0.3) is 33.4 Å². The van der Waals surface area contributed by atoms with Gasteiger partial charge in [-0.2, -0.15) is 0 Å². The second-order valence-corrected chi connectivity index (χ2v) is 9.33. The summed E-state index contributed by atoms with van der Waals surface area (Å²) in [6.45, 7) is 11.5. The van der Waals surface area contributed by atoms with Crippen LogP contribution in [0.1, 0.15) is 67.8 Å². The zero-order valence-electron chi connectivity index (χ0n) is 22.5. The smallest absolute Gasteiger partial charge is 0.338 e. The summed E-state index contributed by atoms with van der Waals surface area (Å²) in [4.78, 5) is 25.6. The van der Waals surface area contributed by atoms with Gasteiger partial charge in [-0.1, -0.05) is 32.9 Å². The van der Waals surface area contributed by atoms with E-state index in [1.54, 1.807) is 31.3 Å². The minimum atomic E-state index is -0.601. The molecule has 0 bridgehead atoms. The van der Waals surface area contributed by atoms with Gasteiger partial charge < -0.3 is 14.5 Å². The molecule has 0 radical (unpaired) electrons. The molecule has 0 fully saturated rings. The van der Waals surface area contributed by atoms with Gasteiger partial charge >= 0.3 is 5.97 Å². The van der Waals surface area contributed by atoms with Crippen molar-refractivity contribution in [3.8, 4) is 22.5 Å². The number of rotatable bonds is 5. The number of carbonyl (C=O) groups excluding carboxylic acids is 2. The van der Waals surface area contributed by atoms with E-state index >= 15 is 0 Å². The van der Waals surface area contributed by atoms with Crippen LogP contribution in [0.15, 0.2) is 65.1 Å². The lowest BCUT2D eigenvalue weighted by molar-refractivity contribution is 0.00694. The summed E-state index contributed by atoms with van der Waals surface area (Å²) in [7, 11) is 1.56. The maximum absolute atomic E-state index is 13.5. The highest BCUT2D eigenvalue weighted by Gasteiger charge is 2.24. The standard InChI is InChI=1S/C29H28FNO4.C2H6/c1-6-17-15-24-23(25(27(32)31-5)26(34-24)18-10-12-21(30)13-11-18)16-22(17)19-8-7-9-20(14-19)28(33)35-29(2,3)4;1-2/h7-16H,6H2,1-5H3,(H,31,32);1-2H3. The highest BCUT2D eigenvalue weighted by Crippen LogP contribution is 2.38. The van der Waals surface area contributed by atoms with Crippen LogP contribution in [-0.2, 0) is 11.2 Å². The summed E-state index contributed by atoms with van der Waals surface area (Å²) in [6.07, 6.45) is 0.712. The summed E-state index contributed by atoms with van der Waals surface area (Å²) >= 11 is 0. The van der Waals surface area contributed by atoms with Crippen molar-refractivity contribution in [2.45, 2.75) is 53.6 Å². The maximum atomic E-state index is 13.5. The third-order valence-corrected chi connectivity index (χ3v) is 5.66. The van der Waals surface area contributed by atoms with E-state index in [-0.39, 0.29) is 11.7 Å². The molecule has 3 aromatic carbocycles. The van der Waals surface area contributed by atoms with Gasteiger partial charge in [0.2, 0.25) is 0 Å². The Morgan fingerprint density at radius 3 is 2.24 bits per heavy atom. The van der Waals surface area contributed by atoms with Crippen LogP contribution in [0.3, 0.4) is 0 Å². The van der Waals surface area contributed by atoms with Crippen molar-refractivity contribution in [2.24, 2.45) is 0 Å². The molecule has 37 heavy (non-hydrogen) atoms. The van der Waals surface area contributed by atoms with E-state index in [0.29, 0.717) is 39.8 Å². The second-order valence-electron chi connectivity index (χ2n) is 9.33. The van der Waals surface area contributed by atoms with Gasteiger partial charge in [0, 0.05) is 18.0 Å². The van der Waals surface area contributed by atoms with Gasteiger partial charge in [0.05, 0.1) is 11.1 Å². The molecule has 1 amide bonds. The second kappa shape index (κ2) is 11.4. The number of nitrogens with one attached hydrogen (secondary N) is 1. The lowest BCUT2D eigenvalue weighted by Crippen LogP contribution is -2.23. The van der Waals surface area contributed by atoms with E-state index < -0.39 is 11.6 Å². The third kappa shape index (κ3) is 6.08. The average Bonchev–Trinajstić information content (AvgIpc) is 3.26. The van der Waals surface area contributed by atoms with Gasteiger partial charge in [0.25, 0.3) is 5.91 Å². The van der Waals surface area contributed by atoms with E-state index in [1.807, 2.05) is 65.8 Å². The number of halogens is 1. The Labute approximate surface area is 217 Å². The molecule has 0 saturated carbocycles. The highest BCUT2D eigenvalue weighted by atomic mass is 19.1. The predicted octanol–water partition coefficient (Wildman–Crippen LogP) is 7.81. The number of aryl methyl sites for hydroxylation is 1. The minimum absolute atomic E-state index is 0.305. The molecule has 6 heteroatoms. The number of amides is 1. The number of benzene rings is 3. The topological polar surface area (TPSA) is 68.5 Å². The fraction of sp³-hybridized carbons (Fsp3) is 0.290. The van der Waals surface area contributed by atoms with Crippen LogP contribution in [0.4, 0.5) is 4.39 Å². The molecule has 1 heterocycles. The molecule has 5 nitrogen and oxygen atoms in total. The minimum Gasteiger partial charge on any atom is -0.456 e. The normalized spacial score (nSPS) is 11.0. The van der Waals surface area contributed by atoms with Crippen molar-refractivity contribution in [1.82, 2.24) is 5.32 Å². The number of hydrogen-bond donors (Lipinski definition) is 1. The number of fused-ring (bicyclic) bond motifs is 1. The zero-order valence-corrected chi connectivity index (χ0v) is 22.5. The van der Waals surface area contributed by atoms with Crippen molar-refractivity contribution in [2.75, 3.05) is 7.05 Å². The third-order valence-electron chi connectivity index (χ3n) is 5.66. The van der Waals surface area contributed by atoms with E-state index in [4.69, 9.17) is 9.15 Å². The molecule has 0 unspecified atom stereocenters. The van der Waals surface area contributed by atoms with Crippen molar-refractivity contribution in [1.29, 1.82) is 0 Å². The Morgan fingerprint density at radius 1 is 0.973 bits per heavy atom. The number of hydrogen-bond acceptors (Lipinski definition) is 4. The molecular formula is C31H34FNO4. The van der Waals surface area contributed by atoms with Gasteiger partial charge in [-0.05, 0) is 92.4 Å². The average molecular weight is 504 g/mol. The SMILES string of the molecule is CC.CCc1cc2oc(-c3ccc(F)cc3)c(C(=O)NC)c2cc1-c1cccc(C(=O)OC(C)(C)C)c1. The molecule has 194 valence electrons. The molecule has 0 spiro atoms. The molecular weight excluding hydrogens is 469 g/mol. The van der Waals surface area contributed by atoms with Crippen molar-refractivity contribution < 1.29 is 23.1 Å². The van der Waals surface area contributed by atoms with Crippen LogP contribution in [-0.4, -0.2) is 24.5 Å². The van der Waals surface area contributed by atoms with E-state index in [1.165, 1.54) is 12.1 Å². The van der Waals surface area contributed by atoms with E-state index in [2.05, 4.69) is 5.32 Å². The van der Waals surface area contributed by atoms with Gasteiger partial charge in [0.15, 0.2) is 0 Å². The van der Waals surface area contributed by atoms with Gasteiger partial charge in [-0.15, -0.1) is 0 Å². The first-order valence-electron chi connectivity index (χ1n) is 12.5. The Hall–Kier alpha value is -3.93. The first-order chi connectivity index (χ1) is 17.6. The summed E-state index contributed by atoms with van der Waals surface area (Å²) in [5, 5.41) is 3.32. The number of ether oxygens (including phenoxy) is 1. The monoisotopic (exact) mass is 503 g/mol. The van der Waals surface area contributed by atoms with Gasteiger partial charge in [0.1, 0.15) is 22.8 Å². The predicted molar refractivity (Wildman–Crippen MR) is 146 cm³/mol. The largest absolute Gasteiger partial charge is 0.456 e. The van der Waals surface area contributed by atoms with E-state index in [9.17, 15) is 14.0 Å².